The molecule has 0 unspecified atom stereocenters. The van der Waals surface area contributed by atoms with E-state index in [9.17, 15) is 17.2 Å². The Labute approximate surface area is 116 Å². The molecule has 0 aliphatic carbocycles. The molecule has 0 fully saturated rings. The van der Waals surface area contributed by atoms with Gasteiger partial charge in [-0.05, 0) is 24.6 Å². The van der Waals surface area contributed by atoms with Crippen LogP contribution >= 0.6 is 0 Å². The Morgan fingerprint density at radius 2 is 1.50 bits per heavy atom. The summed E-state index contributed by atoms with van der Waals surface area (Å²) >= 11 is 0. The highest BCUT2D eigenvalue weighted by molar-refractivity contribution is 7.89. The first-order valence-corrected chi connectivity index (χ1v) is 7.41. The molecule has 6 heteroatoms. The molecule has 2 rings (SSSR count). The van der Waals surface area contributed by atoms with Gasteiger partial charge in [0.05, 0.1) is 0 Å². The first-order chi connectivity index (χ1) is 9.42. The van der Waals surface area contributed by atoms with E-state index in [4.69, 9.17) is 0 Å². The van der Waals surface area contributed by atoms with Gasteiger partial charge in [0.15, 0.2) is 4.90 Å². The van der Waals surface area contributed by atoms with Gasteiger partial charge in [-0.25, -0.2) is 21.9 Å². The van der Waals surface area contributed by atoms with Crippen LogP contribution in [0.25, 0.3) is 0 Å². The smallest absolute Gasteiger partial charge is 0.207 e. The molecule has 0 saturated heterocycles. The van der Waals surface area contributed by atoms with Gasteiger partial charge in [-0.1, -0.05) is 36.4 Å². The second-order valence-corrected chi connectivity index (χ2v) is 5.96. The van der Waals surface area contributed by atoms with E-state index in [1.807, 2.05) is 0 Å². The molecule has 0 heterocycles. The maximum atomic E-state index is 13.5. The molecule has 0 spiro atoms. The highest BCUT2D eigenvalue weighted by Crippen LogP contribution is 2.21. The van der Waals surface area contributed by atoms with E-state index in [-0.39, 0.29) is 0 Å². The Hall–Kier alpha value is -1.79. The van der Waals surface area contributed by atoms with Crippen LogP contribution in [0.2, 0.25) is 0 Å². The SMILES string of the molecule is C[C@@H](NS(=O)(=O)c1c(F)cccc1F)c1ccccc1. The zero-order valence-electron chi connectivity index (χ0n) is 10.7. The Morgan fingerprint density at radius 1 is 0.950 bits per heavy atom. The average molecular weight is 297 g/mol. The summed E-state index contributed by atoms with van der Waals surface area (Å²) in [4.78, 5) is -0.956. The molecule has 1 N–H and O–H groups in total. The lowest BCUT2D eigenvalue weighted by Crippen LogP contribution is -2.28. The van der Waals surface area contributed by atoms with E-state index in [1.165, 1.54) is 0 Å². The summed E-state index contributed by atoms with van der Waals surface area (Å²) in [6, 6.07) is 11.1. The first-order valence-electron chi connectivity index (χ1n) is 5.93. The molecule has 106 valence electrons. The third-order valence-corrected chi connectivity index (χ3v) is 4.41. The van der Waals surface area contributed by atoms with Crippen LogP contribution in [0.1, 0.15) is 18.5 Å². The highest BCUT2D eigenvalue weighted by atomic mass is 32.2. The van der Waals surface area contributed by atoms with Crippen molar-refractivity contribution in [2.24, 2.45) is 0 Å². The second-order valence-electron chi connectivity index (χ2n) is 4.30. The monoisotopic (exact) mass is 297 g/mol. The number of hydrogen-bond acceptors (Lipinski definition) is 2. The summed E-state index contributed by atoms with van der Waals surface area (Å²) < 4.78 is 53.5. The van der Waals surface area contributed by atoms with E-state index in [0.717, 1.165) is 18.2 Å². The van der Waals surface area contributed by atoms with Crippen molar-refractivity contribution in [1.82, 2.24) is 4.72 Å². The third-order valence-electron chi connectivity index (χ3n) is 2.82. The van der Waals surface area contributed by atoms with E-state index in [1.54, 1.807) is 37.3 Å². The van der Waals surface area contributed by atoms with Crippen LogP contribution in [0.3, 0.4) is 0 Å². The summed E-state index contributed by atoms with van der Waals surface area (Å²) in [6.07, 6.45) is 0. The van der Waals surface area contributed by atoms with Crippen LogP contribution in [0.5, 0.6) is 0 Å². The number of halogens is 2. The van der Waals surface area contributed by atoms with E-state index in [0.29, 0.717) is 5.56 Å². The van der Waals surface area contributed by atoms with Gasteiger partial charge in [0.2, 0.25) is 10.0 Å². The van der Waals surface area contributed by atoms with Gasteiger partial charge in [-0.2, -0.15) is 0 Å². The predicted octanol–water partition coefficient (Wildman–Crippen LogP) is 3.00. The van der Waals surface area contributed by atoms with E-state index in [2.05, 4.69) is 4.72 Å². The van der Waals surface area contributed by atoms with Crippen molar-refractivity contribution in [3.05, 3.63) is 65.7 Å². The molecule has 0 aliphatic heterocycles. The summed E-state index contributed by atoms with van der Waals surface area (Å²) in [5.41, 5.74) is 0.702. The van der Waals surface area contributed by atoms with Crippen LogP contribution in [0.4, 0.5) is 8.78 Å². The number of benzene rings is 2. The van der Waals surface area contributed by atoms with Gasteiger partial charge in [0, 0.05) is 6.04 Å². The summed E-state index contributed by atoms with van der Waals surface area (Å²) in [5.74, 6) is -2.23. The van der Waals surface area contributed by atoms with Crippen LogP contribution in [-0.4, -0.2) is 8.42 Å². The molecule has 0 saturated carbocycles. The summed E-state index contributed by atoms with van der Waals surface area (Å²) in [7, 11) is -4.27. The lowest BCUT2D eigenvalue weighted by atomic mass is 10.1. The minimum Gasteiger partial charge on any atom is -0.207 e. The minimum atomic E-state index is -4.27. The van der Waals surface area contributed by atoms with Gasteiger partial charge >= 0.3 is 0 Å². The fourth-order valence-corrected chi connectivity index (χ4v) is 3.21. The molecule has 0 aliphatic rings. The van der Waals surface area contributed by atoms with Gasteiger partial charge in [-0.15, -0.1) is 0 Å². The largest absolute Gasteiger partial charge is 0.246 e. The molecule has 0 aromatic heterocycles. The van der Waals surface area contributed by atoms with Crippen molar-refractivity contribution < 1.29 is 17.2 Å². The second kappa shape index (κ2) is 5.68. The highest BCUT2D eigenvalue weighted by Gasteiger charge is 2.25. The normalized spacial score (nSPS) is 13.2. The lowest BCUT2D eigenvalue weighted by molar-refractivity contribution is 0.509. The molecule has 0 bridgehead atoms. The number of rotatable bonds is 4. The van der Waals surface area contributed by atoms with Crippen LogP contribution < -0.4 is 4.72 Å². The Bertz CT molecular complexity index is 682. The molecule has 1 atom stereocenters. The zero-order valence-corrected chi connectivity index (χ0v) is 11.5. The molecular formula is C14H13F2NO2S. The fourth-order valence-electron chi connectivity index (χ4n) is 1.84. The fraction of sp³-hybridized carbons (Fsp3) is 0.143. The van der Waals surface area contributed by atoms with E-state index >= 15 is 0 Å². The molecule has 0 radical (unpaired) electrons. The standard InChI is InChI=1S/C14H13F2NO2S/c1-10(11-6-3-2-4-7-11)17-20(18,19)14-12(15)8-5-9-13(14)16/h2-10,17H,1H3/t10-/m1/s1. The Balaban J connectivity index is 2.33. The minimum absolute atomic E-state index is 0.597. The molecule has 3 nitrogen and oxygen atoms in total. The van der Waals surface area contributed by atoms with E-state index < -0.39 is 32.6 Å². The van der Waals surface area contributed by atoms with Gasteiger partial charge in [0.1, 0.15) is 11.6 Å². The van der Waals surface area contributed by atoms with Crippen molar-refractivity contribution in [2.75, 3.05) is 0 Å². The number of nitrogens with one attached hydrogen (secondary N) is 1. The van der Waals surface area contributed by atoms with Crippen molar-refractivity contribution in [3.63, 3.8) is 0 Å². The number of hydrogen-bond donors (Lipinski definition) is 1. The lowest BCUT2D eigenvalue weighted by Gasteiger charge is -2.15. The molecule has 2 aromatic rings. The Kier molecular flexibility index (Phi) is 4.15. The number of sulfonamides is 1. The quantitative estimate of drug-likeness (QED) is 0.943. The third kappa shape index (κ3) is 3.02. The van der Waals surface area contributed by atoms with Crippen LogP contribution in [0.15, 0.2) is 53.4 Å². The molecule has 0 amide bonds. The molecule has 2 aromatic carbocycles. The van der Waals surface area contributed by atoms with Crippen molar-refractivity contribution >= 4 is 10.0 Å². The maximum Gasteiger partial charge on any atom is 0.246 e. The van der Waals surface area contributed by atoms with Crippen LogP contribution in [0, 0.1) is 11.6 Å². The van der Waals surface area contributed by atoms with Gasteiger partial charge in [0.25, 0.3) is 0 Å². The Morgan fingerprint density at radius 3 is 2.05 bits per heavy atom. The van der Waals surface area contributed by atoms with Gasteiger partial charge in [-0.3, -0.25) is 0 Å². The maximum absolute atomic E-state index is 13.5. The summed E-state index contributed by atoms with van der Waals surface area (Å²) in [5, 5.41) is 0. The molecular weight excluding hydrogens is 284 g/mol. The zero-order chi connectivity index (χ0) is 14.8. The van der Waals surface area contributed by atoms with Crippen molar-refractivity contribution in [2.45, 2.75) is 17.9 Å². The first kappa shape index (κ1) is 14.6. The van der Waals surface area contributed by atoms with Crippen LogP contribution in [-0.2, 0) is 10.0 Å². The average Bonchev–Trinajstić information content (AvgIpc) is 2.38. The topological polar surface area (TPSA) is 46.2 Å². The predicted molar refractivity (Wildman–Crippen MR) is 71.5 cm³/mol. The summed E-state index contributed by atoms with van der Waals surface area (Å²) in [6.45, 7) is 1.60. The van der Waals surface area contributed by atoms with Crippen molar-refractivity contribution in [1.29, 1.82) is 0 Å². The molecule has 20 heavy (non-hydrogen) atoms. The van der Waals surface area contributed by atoms with Crippen molar-refractivity contribution in [3.8, 4) is 0 Å². The van der Waals surface area contributed by atoms with Gasteiger partial charge < -0.3 is 0 Å².